The maximum atomic E-state index is 11.7. The van der Waals surface area contributed by atoms with Gasteiger partial charge >= 0.3 is 9.46 Å². The van der Waals surface area contributed by atoms with Crippen LogP contribution in [0.3, 0.4) is 0 Å². The normalized spacial score (nSPS) is 8.24. The van der Waals surface area contributed by atoms with Crippen molar-refractivity contribution in [2.45, 2.75) is 40.0 Å². The summed E-state index contributed by atoms with van der Waals surface area (Å²) in [5, 5.41) is 23.9. The van der Waals surface area contributed by atoms with Crippen LogP contribution in [0, 0.1) is 0 Å². The Morgan fingerprint density at radius 3 is 1.14 bits per heavy atom. The molecule has 1 rings (SSSR count). The fourth-order valence-electron chi connectivity index (χ4n) is 0.534. The van der Waals surface area contributed by atoms with Crippen LogP contribution in [-0.2, 0) is 25.8 Å². The molecule has 0 bridgehead atoms. The summed E-state index contributed by atoms with van der Waals surface area (Å²) >= 11 is 0. The van der Waals surface area contributed by atoms with Crippen molar-refractivity contribution in [1.29, 1.82) is 0 Å². The van der Waals surface area contributed by atoms with E-state index in [1.807, 2.05) is 20.8 Å². The quantitative estimate of drug-likeness (QED) is 0.344. The van der Waals surface area contributed by atoms with Gasteiger partial charge in [-0.2, -0.15) is 12.1 Å². The topological polar surface area (TPSA) is 60.7 Å². The molecule has 0 aromatic heterocycles. The van der Waals surface area contributed by atoms with Gasteiger partial charge in [-0.05, 0) is 19.3 Å². The molecule has 1 aromatic rings. The summed E-state index contributed by atoms with van der Waals surface area (Å²) in [4.78, 5) is 0. The Morgan fingerprint density at radius 2 is 1.05 bits per heavy atom. The molecule has 0 amide bonds. The molecule has 126 valence electrons. The molecule has 0 aliphatic rings. The first-order valence-corrected chi connectivity index (χ1v) is 8.32. The molecule has 0 saturated heterocycles. The molecule has 0 fully saturated rings. The van der Waals surface area contributed by atoms with Gasteiger partial charge in [0.1, 0.15) is 0 Å². The zero-order chi connectivity index (χ0) is 16.2. The molecule has 3 N–H and O–H groups in total. The van der Waals surface area contributed by atoms with E-state index in [2.05, 4.69) is 0 Å². The Labute approximate surface area is 148 Å². The first-order valence-electron chi connectivity index (χ1n) is 6.87. The van der Waals surface area contributed by atoms with E-state index in [-0.39, 0.29) is 31.0 Å². The third-order valence-electron chi connectivity index (χ3n) is 1.61. The summed E-state index contributed by atoms with van der Waals surface area (Å²) in [6.45, 7) is 6.75. The van der Waals surface area contributed by atoms with Crippen LogP contribution in [0.1, 0.15) is 40.0 Å². The van der Waals surface area contributed by atoms with Crippen LogP contribution >= 0.6 is 0 Å². The van der Waals surface area contributed by atoms with Gasteiger partial charge in [0.25, 0.3) is 0 Å². The number of halogens is 2. The summed E-state index contributed by atoms with van der Waals surface area (Å²) in [5.74, 6) is 0. The van der Waals surface area contributed by atoms with Gasteiger partial charge in [-0.3, -0.25) is 8.22 Å². The van der Waals surface area contributed by atoms with E-state index < -0.39 is 9.46 Å². The average molecular weight is 490 g/mol. The summed E-state index contributed by atoms with van der Waals surface area (Å²) in [7, 11) is -3.48. The van der Waals surface area contributed by atoms with Gasteiger partial charge in [0, 0.05) is 45.7 Å². The molecule has 0 spiro atoms. The molecule has 1 aromatic carbocycles. The minimum Gasteiger partial charge on any atom is -0.396 e. The van der Waals surface area contributed by atoms with Gasteiger partial charge in [0.05, 0.1) is 0 Å². The average Bonchev–Trinajstić information content (AvgIpc) is 3.02. The van der Waals surface area contributed by atoms with E-state index in [1.54, 1.807) is 12.1 Å². The van der Waals surface area contributed by atoms with Crippen molar-refractivity contribution in [3.63, 3.8) is 0 Å². The SMILES string of the molecule is CCCO.CCCO.CCCO.F[SiH](F)[c-]1cccc1.[Hf]. The Hall–Kier alpha value is 0.177. The third-order valence-corrected chi connectivity index (χ3v) is 2.50. The van der Waals surface area contributed by atoms with Crippen LogP contribution in [0.25, 0.3) is 0 Å². The largest absolute Gasteiger partial charge is 0.396 e. The standard InChI is InChI=1S/C5H5F2Si.3C3H8O.Hf/c6-8(7)5-3-1-2-4-5;3*1-2-3-4;/h1-4,8H;3*4H,2-3H2,1H3;/q-1;;;;. The summed E-state index contributed by atoms with van der Waals surface area (Å²) in [6, 6.07) is 6.21. The van der Waals surface area contributed by atoms with E-state index in [0.717, 1.165) is 19.3 Å². The number of hydrogen-bond donors (Lipinski definition) is 3. The third kappa shape index (κ3) is 33.2. The summed E-state index contributed by atoms with van der Waals surface area (Å²) in [5.41, 5.74) is 0. The molecule has 0 aliphatic heterocycles. The van der Waals surface area contributed by atoms with Crippen LogP contribution in [0.5, 0.6) is 0 Å². The van der Waals surface area contributed by atoms with E-state index in [9.17, 15) is 8.22 Å². The van der Waals surface area contributed by atoms with Crippen molar-refractivity contribution in [2.75, 3.05) is 19.8 Å². The molecule has 0 radical (unpaired) electrons. The Morgan fingerprint density at radius 1 is 0.810 bits per heavy atom. The molecular formula is C14H29F2HfO3Si-. The molecule has 0 unspecified atom stereocenters. The van der Waals surface area contributed by atoms with Crippen LogP contribution < -0.4 is 5.19 Å². The number of hydrogen-bond acceptors (Lipinski definition) is 3. The van der Waals surface area contributed by atoms with Crippen LogP contribution in [0.15, 0.2) is 24.3 Å². The van der Waals surface area contributed by atoms with Crippen LogP contribution in [-0.4, -0.2) is 44.6 Å². The number of aliphatic hydroxyl groups is 3. The van der Waals surface area contributed by atoms with Crippen molar-refractivity contribution in [1.82, 2.24) is 0 Å². The van der Waals surface area contributed by atoms with Gasteiger partial charge in [-0.1, -0.05) is 20.8 Å². The monoisotopic (exact) mass is 491 g/mol. The Kier molecular flexibility index (Phi) is 39.5. The van der Waals surface area contributed by atoms with E-state index in [4.69, 9.17) is 15.3 Å². The van der Waals surface area contributed by atoms with Gasteiger partial charge in [0.2, 0.25) is 0 Å². The molecule has 0 aliphatic carbocycles. The predicted octanol–water partition coefficient (Wildman–Crippen LogP) is 1.94. The maximum Gasteiger partial charge on any atom is 0.387 e. The molecule has 21 heavy (non-hydrogen) atoms. The maximum absolute atomic E-state index is 11.7. The zero-order valence-electron chi connectivity index (χ0n) is 13.2. The van der Waals surface area contributed by atoms with Crippen molar-refractivity contribution in [3.05, 3.63) is 24.3 Å². The second-order valence-electron chi connectivity index (χ2n) is 3.69. The van der Waals surface area contributed by atoms with Gasteiger partial charge < -0.3 is 15.3 Å². The fourth-order valence-corrected chi connectivity index (χ4v) is 1.05. The minimum absolute atomic E-state index is 0. The molecule has 3 nitrogen and oxygen atoms in total. The van der Waals surface area contributed by atoms with Crippen molar-refractivity contribution >= 4 is 14.7 Å². The smallest absolute Gasteiger partial charge is 0.387 e. The molecular weight excluding hydrogens is 461 g/mol. The summed E-state index contributed by atoms with van der Waals surface area (Å²) < 4.78 is 23.5. The fraction of sp³-hybridized carbons (Fsp3) is 0.643. The zero-order valence-corrected chi connectivity index (χ0v) is 18.0. The first kappa shape index (κ1) is 29.2. The van der Waals surface area contributed by atoms with Gasteiger partial charge in [-0.15, -0.1) is 5.19 Å². The van der Waals surface area contributed by atoms with Gasteiger partial charge in [-0.25, -0.2) is 12.1 Å². The van der Waals surface area contributed by atoms with Gasteiger partial charge in [0.15, 0.2) is 0 Å². The number of aliphatic hydroxyl groups excluding tert-OH is 3. The molecule has 0 heterocycles. The summed E-state index contributed by atoms with van der Waals surface area (Å²) in [6.07, 6.45) is 2.62. The van der Waals surface area contributed by atoms with E-state index in [1.165, 1.54) is 12.1 Å². The molecule has 7 heteroatoms. The molecule has 0 saturated carbocycles. The second kappa shape index (κ2) is 28.4. The van der Waals surface area contributed by atoms with E-state index >= 15 is 0 Å². The minimum atomic E-state index is -3.48. The molecule has 0 atom stereocenters. The second-order valence-corrected chi connectivity index (χ2v) is 4.96. The van der Waals surface area contributed by atoms with Crippen molar-refractivity contribution in [2.24, 2.45) is 0 Å². The van der Waals surface area contributed by atoms with Crippen molar-refractivity contribution < 1.29 is 49.4 Å². The van der Waals surface area contributed by atoms with Crippen LogP contribution in [0.2, 0.25) is 0 Å². The first-order chi connectivity index (χ1) is 9.55. The van der Waals surface area contributed by atoms with Crippen LogP contribution in [0.4, 0.5) is 8.22 Å². The Balaban J connectivity index is -0.0000000973. The van der Waals surface area contributed by atoms with Crippen molar-refractivity contribution in [3.8, 4) is 0 Å². The number of rotatable bonds is 4. The van der Waals surface area contributed by atoms with E-state index in [0.29, 0.717) is 19.8 Å². The Bertz CT molecular complexity index is 223. The predicted molar refractivity (Wildman–Crippen MR) is 83.2 cm³/mol.